The van der Waals surface area contributed by atoms with Gasteiger partial charge < -0.3 is 15.0 Å². The zero-order chi connectivity index (χ0) is 16.1. The van der Waals surface area contributed by atoms with Crippen molar-refractivity contribution in [3.63, 3.8) is 0 Å². The lowest BCUT2D eigenvalue weighted by Crippen LogP contribution is -2.29. The van der Waals surface area contributed by atoms with E-state index in [0.29, 0.717) is 13.0 Å². The summed E-state index contributed by atoms with van der Waals surface area (Å²) in [4.78, 5) is 14.3. The number of amides is 1. The quantitative estimate of drug-likeness (QED) is 0.892. The predicted octanol–water partition coefficient (Wildman–Crippen LogP) is 2.76. The van der Waals surface area contributed by atoms with Crippen molar-refractivity contribution in [1.82, 2.24) is 5.32 Å². The number of methoxy groups -OCH3 is 1. The molecule has 120 valence electrons. The van der Waals surface area contributed by atoms with E-state index in [1.54, 1.807) is 7.11 Å². The van der Waals surface area contributed by atoms with E-state index in [1.807, 2.05) is 24.3 Å². The lowest BCUT2D eigenvalue weighted by Gasteiger charge is -2.19. The van der Waals surface area contributed by atoms with Crippen molar-refractivity contribution in [1.29, 1.82) is 0 Å². The van der Waals surface area contributed by atoms with Gasteiger partial charge in [-0.3, -0.25) is 4.79 Å². The number of carbonyl (C=O) groups is 1. The van der Waals surface area contributed by atoms with Gasteiger partial charge in [-0.05, 0) is 35.7 Å². The first-order valence-corrected chi connectivity index (χ1v) is 7.99. The van der Waals surface area contributed by atoms with E-state index in [0.717, 1.165) is 30.8 Å². The first-order chi connectivity index (χ1) is 11.3. The molecule has 4 nitrogen and oxygen atoms in total. The monoisotopic (exact) mass is 310 g/mol. The first kappa shape index (κ1) is 15.4. The van der Waals surface area contributed by atoms with Crippen LogP contribution in [0.25, 0.3) is 0 Å². The average molecular weight is 310 g/mol. The molecule has 0 fully saturated rings. The second kappa shape index (κ2) is 7.18. The van der Waals surface area contributed by atoms with Gasteiger partial charge in [-0.15, -0.1) is 0 Å². The van der Waals surface area contributed by atoms with Crippen molar-refractivity contribution in [2.75, 3.05) is 25.1 Å². The third-order valence-electron chi connectivity index (χ3n) is 4.24. The fraction of sp³-hybridized carbons (Fsp3) is 0.316. The minimum absolute atomic E-state index is 0.0881. The fourth-order valence-electron chi connectivity index (χ4n) is 2.91. The number of hydrogen-bond acceptors (Lipinski definition) is 3. The molecule has 0 aromatic heterocycles. The van der Waals surface area contributed by atoms with Crippen molar-refractivity contribution in [3.8, 4) is 5.75 Å². The van der Waals surface area contributed by atoms with Crippen molar-refractivity contribution in [2.45, 2.75) is 19.4 Å². The number of carbonyl (C=O) groups excluding carboxylic acids is 1. The molecular weight excluding hydrogens is 288 g/mol. The summed E-state index contributed by atoms with van der Waals surface area (Å²) in [5, 5.41) is 2.98. The number of fused-ring (bicyclic) bond motifs is 1. The minimum Gasteiger partial charge on any atom is -0.497 e. The molecule has 1 heterocycles. The molecule has 0 saturated carbocycles. The molecule has 1 N–H and O–H groups in total. The molecule has 0 saturated heterocycles. The van der Waals surface area contributed by atoms with Crippen LogP contribution in [0.15, 0.2) is 48.5 Å². The summed E-state index contributed by atoms with van der Waals surface area (Å²) in [6.07, 6.45) is 1.59. The number of anilines is 1. The van der Waals surface area contributed by atoms with Crippen LogP contribution in [0, 0.1) is 0 Å². The van der Waals surface area contributed by atoms with Crippen molar-refractivity contribution < 1.29 is 9.53 Å². The van der Waals surface area contributed by atoms with Crippen LogP contribution in [-0.4, -0.2) is 26.1 Å². The highest BCUT2D eigenvalue weighted by Crippen LogP contribution is 2.27. The second-order valence-electron chi connectivity index (χ2n) is 5.74. The highest BCUT2D eigenvalue weighted by atomic mass is 16.5. The van der Waals surface area contributed by atoms with Gasteiger partial charge in [-0.2, -0.15) is 0 Å². The highest BCUT2D eigenvalue weighted by molar-refractivity contribution is 5.76. The lowest BCUT2D eigenvalue weighted by molar-refractivity contribution is -0.121. The van der Waals surface area contributed by atoms with Crippen LogP contribution in [-0.2, 0) is 17.8 Å². The first-order valence-electron chi connectivity index (χ1n) is 7.99. The second-order valence-corrected chi connectivity index (χ2v) is 5.74. The molecule has 0 unspecified atom stereocenters. The molecule has 0 aliphatic carbocycles. The summed E-state index contributed by atoms with van der Waals surface area (Å²) in [6.45, 7) is 2.33. The summed E-state index contributed by atoms with van der Waals surface area (Å²) >= 11 is 0. The Labute approximate surface area is 137 Å². The zero-order valence-electron chi connectivity index (χ0n) is 13.4. The van der Waals surface area contributed by atoms with Crippen LogP contribution in [0.5, 0.6) is 5.75 Å². The largest absolute Gasteiger partial charge is 0.497 e. The smallest absolute Gasteiger partial charge is 0.222 e. The molecule has 0 spiro atoms. The highest BCUT2D eigenvalue weighted by Gasteiger charge is 2.18. The molecule has 2 aromatic carbocycles. The van der Waals surface area contributed by atoms with Crippen LogP contribution in [0.2, 0.25) is 0 Å². The standard InChI is InChI=1S/C19H22N2O2/c1-23-17-8-6-15(7-9-17)14-20-19(22)11-13-21-12-10-16-4-2-3-5-18(16)21/h2-9H,10-14H2,1H3,(H,20,22). The van der Waals surface area contributed by atoms with Crippen molar-refractivity contribution >= 4 is 11.6 Å². The number of hydrogen-bond donors (Lipinski definition) is 1. The van der Waals surface area contributed by atoms with Crippen LogP contribution >= 0.6 is 0 Å². The van der Waals surface area contributed by atoms with E-state index in [9.17, 15) is 4.79 Å². The molecule has 3 rings (SSSR count). The van der Waals surface area contributed by atoms with E-state index >= 15 is 0 Å². The maximum atomic E-state index is 12.0. The van der Waals surface area contributed by atoms with Gasteiger partial charge in [0.2, 0.25) is 5.91 Å². The Morgan fingerprint density at radius 3 is 2.74 bits per heavy atom. The molecule has 4 heteroatoms. The Hall–Kier alpha value is -2.49. The fourth-order valence-corrected chi connectivity index (χ4v) is 2.91. The molecule has 0 bridgehead atoms. The summed E-state index contributed by atoms with van der Waals surface area (Å²) < 4.78 is 5.13. The Bertz CT molecular complexity index is 667. The Morgan fingerprint density at radius 1 is 1.17 bits per heavy atom. The van der Waals surface area contributed by atoms with Gasteiger partial charge in [0.25, 0.3) is 0 Å². The number of benzene rings is 2. The van der Waals surface area contributed by atoms with Crippen molar-refractivity contribution in [2.24, 2.45) is 0 Å². The van der Waals surface area contributed by atoms with Gasteiger partial charge in [0, 0.05) is 31.7 Å². The topological polar surface area (TPSA) is 41.6 Å². The summed E-state index contributed by atoms with van der Waals surface area (Å²) in [5.74, 6) is 0.915. The summed E-state index contributed by atoms with van der Waals surface area (Å²) in [5.41, 5.74) is 3.73. The maximum absolute atomic E-state index is 12.0. The number of para-hydroxylation sites is 1. The number of nitrogens with zero attached hydrogens (tertiary/aromatic N) is 1. The summed E-state index contributed by atoms with van der Waals surface area (Å²) in [7, 11) is 1.65. The van der Waals surface area contributed by atoms with E-state index in [-0.39, 0.29) is 5.91 Å². The van der Waals surface area contributed by atoms with Gasteiger partial charge in [0.05, 0.1) is 7.11 Å². The van der Waals surface area contributed by atoms with E-state index in [4.69, 9.17) is 4.74 Å². The Morgan fingerprint density at radius 2 is 1.96 bits per heavy atom. The molecule has 23 heavy (non-hydrogen) atoms. The van der Waals surface area contributed by atoms with Gasteiger partial charge in [-0.1, -0.05) is 30.3 Å². The van der Waals surface area contributed by atoms with E-state index < -0.39 is 0 Å². The molecule has 1 amide bonds. The number of ether oxygens (including phenoxy) is 1. The minimum atomic E-state index is 0.0881. The van der Waals surface area contributed by atoms with E-state index in [2.05, 4.69) is 34.5 Å². The normalized spacial score (nSPS) is 12.8. The zero-order valence-corrected chi connectivity index (χ0v) is 13.4. The van der Waals surface area contributed by atoms with Gasteiger partial charge >= 0.3 is 0 Å². The molecular formula is C19H22N2O2. The lowest BCUT2D eigenvalue weighted by atomic mass is 10.2. The van der Waals surface area contributed by atoms with Gasteiger partial charge in [0.1, 0.15) is 5.75 Å². The van der Waals surface area contributed by atoms with Crippen LogP contribution < -0.4 is 15.0 Å². The van der Waals surface area contributed by atoms with Crippen LogP contribution in [0.1, 0.15) is 17.5 Å². The van der Waals surface area contributed by atoms with Crippen molar-refractivity contribution in [3.05, 3.63) is 59.7 Å². The maximum Gasteiger partial charge on any atom is 0.222 e. The van der Waals surface area contributed by atoms with E-state index in [1.165, 1.54) is 11.3 Å². The molecule has 2 aromatic rings. The average Bonchev–Trinajstić information content (AvgIpc) is 3.02. The number of rotatable bonds is 6. The SMILES string of the molecule is COc1ccc(CNC(=O)CCN2CCc3ccccc32)cc1. The third kappa shape index (κ3) is 3.83. The Balaban J connectivity index is 1.45. The van der Waals surface area contributed by atoms with Crippen LogP contribution in [0.4, 0.5) is 5.69 Å². The molecule has 0 radical (unpaired) electrons. The number of nitrogens with one attached hydrogen (secondary N) is 1. The molecule has 1 aliphatic heterocycles. The predicted molar refractivity (Wildman–Crippen MR) is 91.8 cm³/mol. The third-order valence-corrected chi connectivity index (χ3v) is 4.24. The molecule has 1 aliphatic rings. The van der Waals surface area contributed by atoms with Gasteiger partial charge in [0.15, 0.2) is 0 Å². The van der Waals surface area contributed by atoms with Gasteiger partial charge in [-0.25, -0.2) is 0 Å². The molecule has 0 atom stereocenters. The van der Waals surface area contributed by atoms with Crippen LogP contribution in [0.3, 0.4) is 0 Å². The Kier molecular flexibility index (Phi) is 4.81. The summed E-state index contributed by atoms with van der Waals surface area (Å²) in [6, 6.07) is 16.2.